The van der Waals surface area contributed by atoms with Gasteiger partial charge in [-0.2, -0.15) is 5.10 Å². The lowest BCUT2D eigenvalue weighted by Crippen LogP contribution is -2.13. The molecule has 3 aromatic heterocycles. The van der Waals surface area contributed by atoms with E-state index in [0.717, 1.165) is 18.2 Å². The van der Waals surface area contributed by atoms with Crippen LogP contribution in [0.25, 0.3) is 22.5 Å². The quantitative estimate of drug-likeness (QED) is 0.550. The third-order valence-corrected chi connectivity index (χ3v) is 4.19. The van der Waals surface area contributed by atoms with Crippen LogP contribution in [0, 0.1) is 11.6 Å². The molecule has 0 bridgehead atoms. The molecular weight excluding hydrogens is 366 g/mol. The number of halogens is 2. The van der Waals surface area contributed by atoms with Crippen molar-refractivity contribution >= 4 is 22.6 Å². The van der Waals surface area contributed by atoms with Gasteiger partial charge in [0.15, 0.2) is 11.4 Å². The Morgan fingerprint density at radius 2 is 1.93 bits per heavy atom. The first kappa shape index (κ1) is 17.8. The van der Waals surface area contributed by atoms with E-state index in [1.54, 1.807) is 29.1 Å². The zero-order chi connectivity index (χ0) is 19.8. The van der Waals surface area contributed by atoms with Gasteiger partial charge in [-0.1, -0.05) is 0 Å². The predicted octanol–water partition coefficient (Wildman–Crippen LogP) is 4.80. The van der Waals surface area contributed by atoms with Gasteiger partial charge >= 0.3 is 0 Å². The van der Waals surface area contributed by atoms with Crippen LogP contribution in [-0.4, -0.2) is 20.7 Å². The number of hydrogen-bond donors (Lipinski definition) is 1. The molecule has 0 atom stereocenters. The molecular formula is C20H16F2N4O2. The Kier molecular flexibility index (Phi) is 4.38. The largest absolute Gasteiger partial charge is 0.463 e. The molecule has 28 heavy (non-hydrogen) atoms. The number of fused-ring (bicyclic) bond motifs is 1. The average molecular weight is 382 g/mol. The van der Waals surface area contributed by atoms with Crippen LogP contribution in [0.2, 0.25) is 0 Å². The minimum absolute atomic E-state index is 0.0169. The molecule has 8 heteroatoms. The second kappa shape index (κ2) is 6.88. The molecule has 3 heterocycles. The molecule has 1 aromatic carbocycles. The summed E-state index contributed by atoms with van der Waals surface area (Å²) in [7, 11) is 0. The Balaban J connectivity index is 1.83. The van der Waals surface area contributed by atoms with Crippen LogP contribution < -0.4 is 5.32 Å². The van der Waals surface area contributed by atoms with Crippen molar-refractivity contribution in [1.82, 2.24) is 14.8 Å². The lowest BCUT2D eigenvalue weighted by Gasteiger charge is -2.10. The monoisotopic (exact) mass is 382 g/mol. The van der Waals surface area contributed by atoms with Gasteiger partial charge in [0, 0.05) is 17.8 Å². The fourth-order valence-electron chi connectivity index (χ4n) is 2.96. The third-order valence-electron chi connectivity index (χ3n) is 4.19. The topological polar surface area (TPSA) is 73.0 Å². The van der Waals surface area contributed by atoms with Crippen molar-refractivity contribution in [3.63, 3.8) is 0 Å². The number of anilines is 1. The van der Waals surface area contributed by atoms with E-state index in [4.69, 9.17) is 4.42 Å². The van der Waals surface area contributed by atoms with E-state index < -0.39 is 17.5 Å². The Hall–Kier alpha value is -3.55. The molecule has 0 aliphatic carbocycles. The van der Waals surface area contributed by atoms with Gasteiger partial charge in [0.2, 0.25) is 0 Å². The van der Waals surface area contributed by atoms with Gasteiger partial charge in [-0.15, -0.1) is 0 Å². The number of amides is 1. The number of nitrogens with zero attached hydrogens (tertiary/aromatic N) is 3. The SMILES string of the molecule is CC(C)n1ncc2c(C(=O)Nc3cc(F)cc(F)c3)cc(-c3ccco3)nc21. The maximum atomic E-state index is 13.4. The summed E-state index contributed by atoms with van der Waals surface area (Å²) < 4.78 is 34.0. The maximum absolute atomic E-state index is 13.4. The van der Waals surface area contributed by atoms with Gasteiger partial charge in [-0.25, -0.2) is 18.4 Å². The van der Waals surface area contributed by atoms with Crippen LogP contribution >= 0.6 is 0 Å². The lowest BCUT2D eigenvalue weighted by atomic mass is 10.1. The first-order valence-electron chi connectivity index (χ1n) is 8.62. The molecule has 6 nitrogen and oxygen atoms in total. The molecule has 0 saturated heterocycles. The smallest absolute Gasteiger partial charge is 0.256 e. The molecule has 142 valence electrons. The number of benzene rings is 1. The Morgan fingerprint density at radius 1 is 1.18 bits per heavy atom. The van der Waals surface area contributed by atoms with Crippen molar-refractivity contribution < 1.29 is 18.0 Å². The number of carbonyl (C=O) groups is 1. The Morgan fingerprint density at radius 3 is 2.57 bits per heavy atom. The summed E-state index contributed by atoms with van der Waals surface area (Å²) in [6.07, 6.45) is 3.06. The second-order valence-corrected chi connectivity index (χ2v) is 6.56. The van der Waals surface area contributed by atoms with E-state index in [0.29, 0.717) is 22.5 Å². The van der Waals surface area contributed by atoms with Gasteiger partial charge in [-0.05, 0) is 44.2 Å². The molecule has 1 N–H and O–H groups in total. The fraction of sp³-hybridized carbons (Fsp3) is 0.150. The van der Waals surface area contributed by atoms with Crippen LogP contribution in [0.15, 0.2) is 53.3 Å². The lowest BCUT2D eigenvalue weighted by molar-refractivity contribution is 0.102. The second-order valence-electron chi connectivity index (χ2n) is 6.56. The molecule has 1 amide bonds. The van der Waals surface area contributed by atoms with Gasteiger partial charge < -0.3 is 9.73 Å². The van der Waals surface area contributed by atoms with Crippen molar-refractivity contribution in [2.75, 3.05) is 5.32 Å². The molecule has 0 saturated carbocycles. The molecule has 0 fully saturated rings. The van der Waals surface area contributed by atoms with E-state index >= 15 is 0 Å². The molecule has 4 rings (SSSR count). The van der Waals surface area contributed by atoms with Crippen LogP contribution in [0.3, 0.4) is 0 Å². The fourth-order valence-corrected chi connectivity index (χ4v) is 2.96. The summed E-state index contributed by atoms with van der Waals surface area (Å²) in [5.74, 6) is -1.60. The van der Waals surface area contributed by atoms with Crippen LogP contribution in [0.4, 0.5) is 14.5 Å². The standard InChI is InChI=1S/C20H16F2N4O2/c1-11(2)26-19-16(10-23-26)15(9-17(25-19)18-4-3-5-28-18)20(27)24-14-7-12(21)6-13(22)8-14/h3-11H,1-2H3,(H,24,27). The van der Waals surface area contributed by atoms with E-state index in [-0.39, 0.29) is 17.3 Å². The number of hydrogen-bond acceptors (Lipinski definition) is 4. The van der Waals surface area contributed by atoms with Gasteiger partial charge in [0.25, 0.3) is 5.91 Å². The molecule has 4 aromatic rings. The highest BCUT2D eigenvalue weighted by molar-refractivity contribution is 6.12. The van der Waals surface area contributed by atoms with Crippen molar-refractivity contribution in [3.05, 3.63) is 66.1 Å². The normalized spacial score (nSPS) is 11.3. The van der Waals surface area contributed by atoms with E-state index in [1.807, 2.05) is 13.8 Å². The highest BCUT2D eigenvalue weighted by Crippen LogP contribution is 2.27. The zero-order valence-electron chi connectivity index (χ0n) is 15.1. The van der Waals surface area contributed by atoms with E-state index in [2.05, 4.69) is 15.4 Å². The number of pyridine rings is 1. The van der Waals surface area contributed by atoms with Gasteiger partial charge in [0.05, 0.1) is 23.4 Å². The number of nitrogens with one attached hydrogen (secondary N) is 1. The van der Waals surface area contributed by atoms with E-state index in [1.165, 1.54) is 6.26 Å². The Bertz CT molecular complexity index is 1150. The predicted molar refractivity (Wildman–Crippen MR) is 99.9 cm³/mol. The molecule has 0 aliphatic rings. The molecule has 0 unspecified atom stereocenters. The molecule has 0 aliphatic heterocycles. The highest BCUT2D eigenvalue weighted by Gasteiger charge is 2.20. The highest BCUT2D eigenvalue weighted by atomic mass is 19.1. The van der Waals surface area contributed by atoms with Crippen LogP contribution in [0.1, 0.15) is 30.2 Å². The van der Waals surface area contributed by atoms with Crippen LogP contribution in [-0.2, 0) is 0 Å². The zero-order valence-corrected chi connectivity index (χ0v) is 15.1. The first-order chi connectivity index (χ1) is 13.4. The number of aromatic nitrogens is 3. The number of carbonyl (C=O) groups excluding carboxylic acids is 1. The summed E-state index contributed by atoms with van der Waals surface area (Å²) in [6, 6.07) is 7.87. The summed E-state index contributed by atoms with van der Waals surface area (Å²) >= 11 is 0. The van der Waals surface area contributed by atoms with Gasteiger partial charge in [-0.3, -0.25) is 4.79 Å². The summed E-state index contributed by atoms with van der Waals surface area (Å²) in [5.41, 5.74) is 1.26. The minimum atomic E-state index is -0.779. The van der Waals surface area contributed by atoms with Crippen molar-refractivity contribution in [2.45, 2.75) is 19.9 Å². The molecule has 0 spiro atoms. The first-order valence-corrected chi connectivity index (χ1v) is 8.62. The third kappa shape index (κ3) is 3.24. The summed E-state index contributed by atoms with van der Waals surface area (Å²) in [5, 5.41) is 7.37. The average Bonchev–Trinajstić information content (AvgIpc) is 3.29. The van der Waals surface area contributed by atoms with E-state index in [9.17, 15) is 13.6 Å². The summed E-state index contributed by atoms with van der Waals surface area (Å²) in [4.78, 5) is 17.5. The maximum Gasteiger partial charge on any atom is 0.256 e. The van der Waals surface area contributed by atoms with Crippen molar-refractivity contribution in [1.29, 1.82) is 0 Å². The number of furan rings is 1. The number of rotatable bonds is 4. The van der Waals surface area contributed by atoms with Crippen molar-refractivity contribution in [3.8, 4) is 11.5 Å². The summed E-state index contributed by atoms with van der Waals surface area (Å²) in [6.45, 7) is 3.89. The Labute approximate surface area is 158 Å². The molecule has 0 radical (unpaired) electrons. The minimum Gasteiger partial charge on any atom is -0.463 e. The van der Waals surface area contributed by atoms with Crippen molar-refractivity contribution in [2.24, 2.45) is 0 Å². The van der Waals surface area contributed by atoms with Crippen LogP contribution in [0.5, 0.6) is 0 Å². The van der Waals surface area contributed by atoms with Gasteiger partial charge in [0.1, 0.15) is 17.3 Å².